The zero-order chi connectivity index (χ0) is 21.1. The number of halogens is 2. The summed E-state index contributed by atoms with van der Waals surface area (Å²) in [7, 11) is 0. The number of piperazine rings is 1. The molecule has 1 fully saturated rings. The molecule has 0 radical (unpaired) electrons. The highest BCUT2D eigenvalue weighted by Gasteiger charge is 2.30. The van der Waals surface area contributed by atoms with Crippen LogP contribution in [0.2, 0.25) is 5.15 Å². The van der Waals surface area contributed by atoms with Gasteiger partial charge in [0.25, 0.3) is 0 Å². The highest BCUT2D eigenvalue weighted by atomic mass is 35.5. The molecule has 4 rings (SSSR count). The molecule has 0 saturated carbocycles. The molecule has 3 heterocycles. The van der Waals surface area contributed by atoms with Gasteiger partial charge in [-0.1, -0.05) is 23.7 Å². The molecule has 0 unspecified atom stereocenters. The lowest BCUT2D eigenvalue weighted by Gasteiger charge is -2.36. The zero-order valence-electron chi connectivity index (χ0n) is 15.7. The molecule has 154 valence electrons. The van der Waals surface area contributed by atoms with E-state index in [1.807, 2.05) is 4.90 Å². The maximum atomic E-state index is 14.1. The third-order valence-electron chi connectivity index (χ3n) is 4.77. The summed E-state index contributed by atoms with van der Waals surface area (Å²) in [5.74, 6) is -0.0686. The third kappa shape index (κ3) is 3.94. The van der Waals surface area contributed by atoms with Gasteiger partial charge in [0.15, 0.2) is 5.15 Å². The van der Waals surface area contributed by atoms with Crippen molar-refractivity contribution in [2.75, 3.05) is 41.3 Å². The van der Waals surface area contributed by atoms with E-state index in [1.54, 1.807) is 35.2 Å². The highest BCUT2D eigenvalue weighted by Crippen LogP contribution is 2.35. The number of anilines is 4. The van der Waals surface area contributed by atoms with Crippen LogP contribution >= 0.6 is 11.6 Å². The van der Waals surface area contributed by atoms with Crippen molar-refractivity contribution in [3.63, 3.8) is 0 Å². The van der Waals surface area contributed by atoms with E-state index in [-0.39, 0.29) is 28.3 Å². The number of pyridine rings is 1. The molecule has 0 amide bonds. The van der Waals surface area contributed by atoms with E-state index in [1.165, 1.54) is 18.6 Å². The van der Waals surface area contributed by atoms with E-state index < -0.39 is 4.92 Å². The summed E-state index contributed by atoms with van der Waals surface area (Å²) in [4.78, 5) is 27.2. The number of nitro groups is 1. The number of hydrogen-bond donors (Lipinski definition) is 1. The quantitative estimate of drug-likeness (QED) is 0.372. The van der Waals surface area contributed by atoms with Gasteiger partial charge in [-0.15, -0.1) is 0 Å². The molecule has 30 heavy (non-hydrogen) atoms. The first-order valence-corrected chi connectivity index (χ1v) is 9.53. The van der Waals surface area contributed by atoms with Gasteiger partial charge >= 0.3 is 5.69 Å². The van der Waals surface area contributed by atoms with Crippen molar-refractivity contribution >= 4 is 40.3 Å². The molecule has 1 aromatic carbocycles. The molecule has 9 nitrogen and oxygen atoms in total. The third-order valence-corrected chi connectivity index (χ3v) is 5.07. The van der Waals surface area contributed by atoms with E-state index in [0.29, 0.717) is 37.6 Å². The van der Waals surface area contributed by atoms with Crippen LogP contribution in [0.25, 0.3) is 0 Å². The minimum atomic E-state index is -0.523. The minimum absolute atomic E-state index is 0.0245. The van der Waals surface area contributed by atoms with Gasteiger partial charge in [-0.3, -0.25) is 10.1 Å². The van der Waals surface area contributed by atoms with E-state index in [0.717, 1.165) is 0 Å². The second kappa shape index (κ2) is 8.46. The fraction of sp³-hybridized carbons (Fsp3) is 0.211. The summed E-state index contributed by atoms with van der Waals surface area (Å²) in [6, 6.07) is 9.86. The van der Waals surface area contributed by atoms with Crippen molar-refractivity contribution in [2.24, 2.45) is 0 Å². The standard InChI is InChI=1S/C19H17ClFN7O2/c20-17-14(5-3-7-22-17)25-18-16(28(29)30)19(24-12-23-18)27-10-8-26(9-11-27)15-6-2-1-4-13(15)21/h1-7,12H,8-11H2,(H,23,24,25). The van der Waals surface area contributed by atoms with Crippen molar-refractivity contribution in [1.82, 2.24) is 15.0 Å². The van der Waals surface area contributed by atoms with Gasteiger partial charge in [-0.05, 0) is 24.3 Å². The number of para-hydroxylation sites is 1. The highest BCUT2D eigenvalue weighted by molar-refractivity contribution is 6.32. The topological polar surface area (TPSA) is 100 Å². The molecule has 11 heteroatoms. The monoisotopic (exact) mass is 429 g/mol. The van der Waals surface area contributed by atoms with Crippen molar-refractivity contribution < 1.29 is 9.31 Å². The van der Waals surface area contributed by atoms with E-state index >= 15 is 0 Å². The molecular weight excluding hydrogens is 413 g/mol. The lowest BCUT2D eigenvalue weighted by atomic mass is 10.2. The number of nitrogens with one attached hydrogen (secondary N) is 1. The molecular formula is C19H17ClFN7O2. The van der Waals surface area contributed by atoms with Crippen LogP contribution in [0.4, 0.5) is 33.1 Å². The van der Waals surface area contributed by atoms with E-state index in [4.69, 9.17) is 11.6 Å². The Balaban J connectivity index is 1.58. The SMILES string of the molecule is O=[N+]([O-])c1c(Nc2cccnc2Cl)ncnc1N1CCN(c2ccccc2F)CC1. The van der Waals surface area contributed by atoms with Gasteiger partial charge in [0.1, 0.15) is 12.1 Å². The number of rotatable bonds is 5. The largest absolute Gasteiger partial charge is 0.366 e. The molecule has 2 aromatic heterocycles. The number of nitrogens with zero attached hydrogens (tertiary/aromatic N) is 6. The van der Waals surface area contributed by atoms with E-state index in [9.17, 15) is 14.5 Å². The Morgan fingerprint density at radius 1 is 1.03 bits per heavy atom. The molecule has 0 aliphatic carbocycles. The lowest BCUT2D eigenvalue weighted by Crippen LogP contribution is -2.47. The average Bonchev–Trinajstić information content (AvgIpc) is 2.75. The van der Waals surface area contributed by atoms with Crippen LogP contribution in [0, 0.1) is 15.9 Å². The summed E-state index contributed by atoms with van der Waals surface area (Å²) < 4.78 is 14.1. The molecule has 1 aliphatic heterocycles. The Morgan fingerprint density at radius 2 is 1.77 bits per heavy atom. The summed E-state index contributed by atoms with van der Waals surface area (Å²) >= 11 is 6.05. The van der Waals surface area contributed by atoms with Crippen LogP contribution in [0.1, 0.15) is 0 Å². The first-order valence-electron chi connectivity index (χ1n) is 9.16. The van der Waals surface area contributed by atoms with Gasteiger partial charge in [0.05, 0.1) is 16.3 Å². The van der Waals surface area contributed by atoms with Crippen LogP contribution < -0.4 is 15.1 Å². The lowest BCUT2D eigenvalue weighted by molar-refractivity contribution is -0.383. The van der Waals surface area contributed by atoms with Crippen molar-refractivity contribution in [2.45, 2.75) is 0 Å². The summed E-state index contributed by atoms with van der Waals surface area (Å²) in [5, 5.41) is 14.9. The van der Waals surface area contributed by atoms with Gasteiger partial charge in [-0.2, -0.15) is 0 Å². The van der Waals surface area contributed by atoms with Crippen molar-refractivity contribution in [1.29, 1.82) is 0 Å². The Morgan fingerprint density at radius 3 is 2.47 bits per heavy atom. The summed E-state index contributed by atoms with van der Waals surface area (Å²) in [6.45, 7) is 1.89. The predicted octanol–water partition coefficient (Wildman–Crippen LogP) is 3.64. The number of aromatic nitrogens is 3. The summed E-state index contributed by atoms with van der Waals surface area (Å²) in [5.41, 5.74) is 0.663. The number of hydrogen-bond acceptors (Lipinski definition) is 8. The van der Waals surface area contributed by atoms with Crippen molar-refractivity contribution in [3.05, 3.63) is 70.0 Å². The van der Waals surface area contributed by atoms with Crippen LogP contribution in [0.5, 0.6) is 0 Å². The minimum Gasteiger partial charge on any atom is -0.366 e. The van der Waals surface area contributed by atoms with Gasteiger partial charge in [-0.25, -0.2) is 19.3 Å². The number of benzene rings is 1. The predicted molar refractivity (Wildman–Crippen MR) is 112 cm³/mol. The molecule has 1 aliphatic rings. The van der Waals surface area contributed by atoms with Crippen LogP contribution in [0.15, 0.2) is 48.9 Å². The maximum absolute atomic E-state index is 14.1. The fourth-order valence-electron chi connectivity index (χ4n) is 3.33. The smallest absolute Gasteiger partial charge is 0.353 e. The zero-order valence-corrected chi connectivity index (χ0v) is 16.5. The molecule has 0 bridgehead atoms. The molecule has 0 spiro atoms. The molecule has 0 atom stereocenters. The Kier molecular flexibility index (Phi) is 5.57. The fourth-order valence-corrected chi connectivity index (χ4v) is 3.50. The van der Waals surface area contributed by atoms with Crippen molar-refractivity contribution in [3.8, 4) is 0 Å². The van der Waals surface area contributed by atoms with Crippen LogP contribution in [-0.2, 0) is 0 Å². The second-order valence-electron chi connectivity index (χ2n) is 6.54. The first-order chi connectivity index (χ1) is 14.5. The second-order valence-corrected chi connectivity index (χ2v) is 6.90. The van der Waals surface area contributed by atoms with Gasteiger partial charge in [0, 0.05) is 32.4 Å². The van der Waals surface area contributed by atoms with E-state index in [2.05, 4.69) is 20.3 Å². The van der Waals surface area contributed by atoms with Crippen LogP contribution in [0.3, 0.4) is 0 Å². The normalized spacial score (nSPS) is 13.9. The molecule has 3 aromatic rings. The Labute approximate surface area is 176 Å². The van der Waals surface area contributed by atoms with Gasteiger partial charge in [0.2, 0.25) is 11.6 Å². The molecule has 1 N–H and O–H groups in total. The average molecular weight is 430 g/mol. The Bertz CT molecular complexity index is 1080. The Hall–Kier alpha value is -3.53. The molecule has 1 saturated heterocycles. The van der Waals surface area contributed by atoms with Gasteiger partial charge < -0.3 is 15.1 Å². The first kappa shape index (κ1) is 19.8. The summed E-state index contributed by atoms with van der Waals surface area (Å²) in [6.07, 6.45) is 2.78. The van der Waals surface area contributed by atoms with Crippen LogP contribution in [-0.4, -0.2) is 46.1 Å². The maximum Gasteiger partial charge on any atom is 0.353 e.